The van der Waals surface area contributed by atoms with Crippen LogP contribution in [0.25, 0.3) is 0 Å². The first kappa shape index (κ1) is 13.5. The number of nitrogens with zero attached hydrogens (tertiary/aromatic N) is 1. The Morgan fingerprint density at radius 1 is 1.25 bits per heavy atom. The maximum atomic E-state index is 5.68. The van der Waals surface area contributed by atoms with Crippen molar-refractivity contribution >= 4 is 0 Å². The number of ether oxygens (including phenoxy) is 3. The van der Waals surface area contributed by atoms with E-state index >= 15 is 0 Å². The first-order chi connectivity index (χ1) is 7.64. The van der Waals surface area contributed by atoms with Crippen molar-refractivity contribution in [2.24, 2.45) is 0 Å². The van der Waals surface area contributed by atoms with Gasteiger partial charge in [-0.05, 0) is 20.8 Å². The molecule has 1 aliphatic heterocycles. The molecule has 1 rings (SSSR count). The van der Waals surface area contributed by atoms with Crippen LogP contribution in [-0.2, 0) is 14.2 Å². The van der Waals surface area contributed by atoms with Crippen LogP contribution in [0.3, 0.4) is 0 Å². The Balaban J connectivity index is 2.64. The van der Waals surface area contributed by atoms with Crippen LogP contribution in [-0.4, -0.2) is 50.2 Å². The van der Waals surface area contributed by atoms with Crippen LogP contribution in [0, 0.1) is 0 Å². The van der Waals surface area contributed by atoms with E-state index in [2.05, 4.69) is 11.5 Å². The van der Waals surface area contributed by atoms with Crippen molar-refractivity contribution in [3.8, 4) is 0 Å². The fraction of sp³-hybridized carbons (Fsp3) is 0.833. The third kappa shape index (κ3) is 3.20. The second-order valence-electron chi connectivity index (χ2n) is 3.86. The van der Waals surface area contributed by atoms with Crippen LogP contribution in [0.15, 0.2) is 12.3 Å². The molecule has 0 saturated carbocycles. The summed E-state index contributed by atoms with van der Waals surface area (Å²) in [7, 11) is 0. The lowest BCUT2D eigenvalue weighted by molar-refractivity contribution is -0.207. The Kier molecular flexibility index (Phi) is 5.25. The molecule has 0 aromatic rings. The van der Waals surface area contributed by atoms with Gasteiger partial charge in [0.15, 0.2) is 0 Å². The summed E-state index contributed by atoms with van der Waals surface area (Å²) >= 11 is 0. The molecule has 0 spiro atoms. The van der Waals surface area contributed by atoms with Gasteiger partial charge in [0.25, 0.3) is 0 Å². The molecule has 0 amide bonds. The summed E-state index contributed by atoms with van der Waals surface area (Å²) in [5.41, 5.74) is 0.888. The molecule has 4 heteroatoms. The van der Waals surface area contributed by atoms with E-state index in [0.717, 1.165) is 32.0 Å². The van der Waals surface area contributed by atoms with Gasteiger partial charge in [0.05, 0.1) is 18.9 Å². The third-order valence-corrected chi connectivity index (χ3v) is 2.76. The quantitative estimate of drug-likeness (QED) is 0.648. The van der Waals surface area contributed by atoms with E-state index in [4.69, 9.17) is 14.2 Å². The average molecular weight is 229 g/mol. The monoisotopic (exact) mass is 229 g/mol. The van der Waals surface area contributed by atoms with Crippen LogP contribution < -0.4 is 0 Å². The van der Waals surface area contributed by atoms with Crippen LogP contribution in [0.1, 0.15) is 20.8 Å². The van der Waals surface area contributed by atoms with Gasteiger partial charge in [-0.3, -0.25) is 0 Å². The van der Waals surface area contributed by atoms with E-state index in [-0.39, 0.29) is 0 Å². The molecule has 0 unspecified atom stereocenters. The van der Waals surface area contributed by atoms with Gasteiger partial charge in [-0.25, -0.2) is 0 Å². The molecule has 1 aliphatic rings. The highest BCUT2D eigenvalue weighted by Gasteiger charge is 2.33. The van der Waals surface area contributed by atoms with E-state index in [1.807, 2.05) is 20.8 Å². The largest absolute Gasteiger partial charge is 0.378 e. The van der Waals surface area contributed by atoms with Crippen molar-refractivity contribution < 1.29 is 14.2 Å². The van der Waals surface area contributed by atoms with E-state index in [0.29, 0.717) is 13.2 Å². The molecule has 0 aromatic heterocycles. The highest BCUT2D eigenvalue weighted by molar-refractivity contribution is 5.06. The normalized spacial score (nSPS) is 17.6. The summed E-state index contributed by atoms with van der Waals surface area (Å²) in [5, 5.41) is 0. The molecule has 94 valence electrons. The van der Waals surface area contributed by atoms with E-state index in [1.54, 1.807) is 0 Å². The minimum Gasteiger partial charge on any atom is -0.378 e. The van der Waals surface area contributed by atoms with Crippen LogP contribution in [0.4, 0.5) is 0 Å². The van der Waals surface area contributed by atoms with Gasteiger partial charge in [0, 0.05) is 26.3 Å². The van der Waals surface area contributed by atoms with Gasteiger partial charge in [0.1, 0.15) is 0 Å². The summed E-state index contributed by atoms with van der Waals surface area (Å²) in [6, 6.07) is 0. The van der Waals surface area contributed by atoms with Crippen LogP contribution >= 0.6 is 0 Å². The third-order valence-electron chi connectivity index (χ3n) is 2.76. The lowest BCUT2D eigenvalue weighted by Gasteiger charge is -2.39. The second-order valence-corrected chi connectivity index (χ2v) is 3.86. The van der Waals surface area contributed by atoms with Crippen LogP contribution in [0.2, 0.25) is 0 Å². The van der Waals surface area contributed by atoms with Gasteiger partial charge in [-0.1, -0.05) is 6.58 Å². The predicted molar refractivity (Wildman–Crippen MR) is 63.2 cm³/mol. The summed E-state index contributed by atoms with van der Waals surface area (Å²) < 4.78 is 16.7. The molecule has 4 nitrogen and oxygen atoms in total. The molecule has 0 bridgehead atoms. The molecule has 1 heterocycles. The van der Waals surface area contributed by atoms with Crippen molar-refractivity contribution in [2.75, 3.05) is 39.5 Å². The Morgan fingerprint density at radius 2 is 1.75 bits per heavy atom. The van der Waals surface area contributed by atoms with Gasteiger partial charge in [-0.15, -0.1) is 0 Å². The number of rotatable bonds is 6. The molecular formula is C12H23NO3. The molecule has 0 atom stereocenters. The number of hydrogen-bond donors (Lipinski definition) is 0. The second kappa shape index (κ2) is 6.23. The van der Waals surface area contributed by atoms with Gasteiger partial charge < -0.3 is 19.1 Å². The molecule has 0 N–H and O–H groups in total. The molecule has 16 heavy (non-hydrogen) atoms. The maximum absolute atomic E-state index is 5.68. The minimum absolute atomic E-state index is 0.611. The van der Waals surface area contributed by atoms with Gasteiger partial charge in [0.2, 0.25) is 5.79 Å². The molecule has 1 saturated heterocycles. The highest BCUT2D eigenvalue weighted by Crippen LogP contribution is 2.25. The Labute approximate surface area is 98.2 Å². The van der Waals surface area contributed by atoms with E-state index in [9.17, 15) is 0 Å². The first-order valence-electron chi connectivity index (χ1n) is 5.94. The van der Waals surface area contributed by atoms with Crippen molar-refractivity contribution in [3.05, 3.63) is 12.3 Å². The van der Waals surface area contributed by atoms with Gasteiger partial charge in [-0.2, -0.15) is 0 Å². The summed E-state index contributed by atoms with van der Waals surface area (Å²) in [5.74, 6) is -0.707. The zero-order valence-electron chi connectivity index (χ0n) is 10.6. The Bertz CT molecular complexity index is 218. The summed E-state index contributed by atoms with van der Waals surface area (Å²) in [4.78, 5) is 2.18. The summed E-state index contributed by atoms with van der Waals surface area (Å²) in [6.07, 6.45) is 0. The number of hydrogen-bond acceptors (Lipinski definition) is 4. The fourth-order valence-corrected chi connectivity index (χ4v) is 1.88. The Hall–Kier alpha value is -0.580. The van der Waals surface area contributed by atoms with Crippen molar-refractivity contribution in [3.63, 3.8) is 0 Å². The lowest BCUT2D eigenvalue weighted by atomic mass is 10.2. The van der Waals surface area contributed by atoms with Crippen molar-refractivity contribution in [1.29, 1.82) is 0 Å². The SMILES string of the molecule is C=C(N1CCOCC1)C(C)(OCC)OCC. The molecular weight excluding hydrogens is 206 g/mol. The zero-order valence-corrected chi connectivity index (χ0v) is 10.6. The molecule has 0 aromatic carbocycles. The van der Waals surface area contributed by atoms with Crippen molar-refractivity contribution in [1.82, 2.24) is 4.90 Å². The van der Waals surface area contributed by atoms with Crippen LogP contribution in [0.5, 0.6) is 0 Å². The number of morpholine rings is 1. The standard InChI is InChI=1S/C12H23NO3/c1-5-15-12(4,16-6-2)11(3)13-7-9-14-10-8-13/h3,5-10H2,1-2,4H3. The first-order valence-corrected chi connectivity index (χ1v) is 5.94. The highest BCUT2D eigenvalue weighted by atomic mass is 16.7. The van der Waals surface area contributed by atoms with Gasteiger partial charge >= 0.3 is 0 Å². The lowest BCUT2D eigenvalue weighted by Crippen LogP contribution is -2.46. The maximum Gasteiger partial charge on any atom is 0.206 e. The Morgan fingerprint density at radius 3 is 2.19 bits per heavy atom. The molecule has 1 fully saturated rings. The van der Waals surface area contributed by atoms with E-state index in [1.165, 1.54) is 0 Å². The zero-order chi connectivity index (χ0) is 12.0. The minimum atomic E-state index is -0.707. The van der Waals surface area contributed by atoms with Crippen molar-refractivity contribution in [2.45, 2.75) is 26.6 Å². The smallest absolute Gasteiger partial charge is 0.206 e. The predicted octanol–water partition coefficient (Wildman–Crippen LogP) is 1.62. The summed E-state index contributed by atoms with van der Waals surface area (Å²) in [6.45, 7) is 14.4. The topological polar surface area (TPSA) is 30.9 Å². The molecule has 0 radical (unpaired) electrons. The van der Waals surface area contributed by atoms with E-state index < -0.39 is 5.79 Å². The fourth-order valence-electron chi connectivity index (χ4n) is 1.88. The molecule has 0 aliphatic carbocycles. The average Bonchev–Trinajstić information content (AvgIpc) is 2.30.